The Hall–Kier alpha value is -1.55. The lowest BCUT2D eigenvalue weighted by Crippen LogP contribution is -2.36. The molecule has 0 radical (unpaired) electrons. The number of hydrogen-bond acceptors (Lipinski definition) is 3. The van der Waals surface area contributed by atoms with Crippen molar-refractivity contribution in [1.82, 2.24) is 4.90 Å². The maximum Gasteiger partial charge on any atom is 0.253 e. The van der Waals surface area contributed by atoms with Gasteiger partial charge in [-0.2, -0.15) is 0 Å². The number of carbonyl (C=O) groups excluding carboxylic acids is 1. The lowest BCUT2D eigenvalue weighted by molar-refractivity contribution is 0.0788. The number of nitrogens with zero attached hydrogens (tertiary/aromatic N) is 1. The minimum Gasteiger partial charge on any atom is -0.493 e. The van der Waals surface area contributed by atoms with Gasteiger partial charge in [0.1, 0.15) is 5.75 Å². The Morgan fingerprint density at radius 3 is 3.06 bits per heavy atom. The Morgan fingerprint density at radius 1 is 1.59 bits per heavy atom. The summed E-state index contributed by atoms with van der Waals surface area (Å²) in [6.07, 6.45) is 0.882. The van der Waals surface area contributed by atoms with Crippen molar-refractivity contribution in [3.63, 3.8) is 0 Å². The number of ether oxygens (including phenoxy) is 1. The van der Waals surface area contributed by atoms with E-state index >= 15 is 0 Å². The first-order valence-corrected chi connectivity index (χ1v) is 5.84. The Labute approximate surface area is 101 Å². The van der Waals surface area contributed by atoms with Crippen molar-refractivity contribution in [2.75, 3.05) is 20.2 Å². The maximum atomic E-state index is 12.1. The molecule has 1 aromatic rings. The lowest BCUT2D eigenvalue weighted by atomic mass is 10.1. The van der Waals surface area contributed by atoms with Crippen molar-refractivity contribution in [1.29, 1.82) is 0 Å². The van der Waals surface area contributed by atoms with Gasteiger partial charge in [0.2, 0.25) is 0 Å². The fourth-order valence-electron chi connectivity index (χ4n) is 2.05. The number of carbonyl (C=O) groups is 1. The van der Waals surface area contributed by atoms with Crippen LogP contribution in [0, 0.1) is 0 Å². The molecule has 0 aromatic heterocycles. The van der Waals surface area contributed by atoms with E-state index in [9.17, 15) is 4.79 Å². The monoisotopic (exact) mass is 234 g/mol. The highest BCUT2D eigenvalue weighted by Gasteiger charge is 2.17. The average molecular weight is 234 g/mol. The van der Waals surface area contributed by atoms with E-state index < -0.39 is 0 Å². The van der Waals surface area contributed by atoms with Crippen LogP contribution in [-0.4, -0.2) is 37.0 Å². The normalized spacial score (nSPS) is 15.0. The van der Waals surface area contributed by atoms with Crippen molar-refractivity contribution in [3.8, 4) is 5.75 Å². The molecule has 92 valence electrons. The fourth-order valence-corrected chi connectivity index (χ4v) is 2.05. The molecule has 1 aromatic carbocycles. The molecule has 0 saturated carbocycles. The number of hydrogen-bond donors (Lipinski definition) is 1. The van der Waals surface area contributed by atoms with Crippen LogP contribution < -0.4 is 10.5 Å². The molecular weight excluding hydrogens is 216 g/mol. The van der Waals surface area contributed by atoms with Crippen LogP contribution in [0.2, 0.25) is 0 Å². The van der Waals surface area contributed by atoms with Gasteiger partial charge in [0.05, 0.1) is 6.61 Å². The number of rotatable bonds is 3. The predicted molar refractivity (Wildman–Crippen MR) is 66.3 cm³/mol. The van der Waals surface area contributed by atoms with Gasteiger partial charge >= 0.3 is 0 Å². The van der Waals surface area contributed by atoms with Crippen molar-refractivity contribution in [2.45, 2.75) is 19.4 Å². The molecule has 2 rings (SSSR count). The van der Waals surface area contributed by atoms with Gasteiger partial charge in [-0.1, -0.05) is 0 Å². The second-order valence-electron chi connectivity index (χ2n) is 4.58. The zero-order valence-electron chi connectivity index (χ0n) is 10.3. The van der Waals surface area contributed by atoms with Crippen LogP contribution in [-0.2, 0) is 6.42 Å². The second-order valence-corrected chi connectivity index (χ2v) is 4.58. The summed E-state index contributed by atoms with van der Waals surface area (Å²) < 4.78 is 5.41. The molecule has 0 saturated heterocycles. The van der Waals surface area contributed by atoms with Crippen molar-refractivity contribution in [2.24, 2.45) is 5.73 Å². The Morgan fingerprint density at radius 2 is 2.35 bits per heavy atom. The SMILES string of the molecule is CC(N)CN(C)C(=O)c1ccc2c(c1)CCO2. The Bertz CT molecular complexity index is 429. The van der Waals surface area contributed by atoms with Gasteiger partial charge in [0.25, 0.3) is 5.91 Å². The topological polar surface area (TPSA) is 55.6 Å². The molecule has 0 spiro atoms. The van der Waals surface area contributed by atoms with Gasteiger partial charge in [0, 0.05) is 31.6 Å². The van der Waals surface area contributed by atoms with Crippen LogP contribution in [0.5, 0.6) is 5.75 Å². The van der Waals surface area contributed by atoms with E-state index in [1.54, 1.807) is 11.9 Å². The molecule has 1 amide bonds. The van der Waals surface area contributed by atoms with Gasteiger partial charge in [-0.15, -0.1) is 0 Å². The van der Waals surface area contributed by atoms with Crippen LogP contribution in [0.15, 0.2) is 18.2 Å². The van der Waals surface area contributed by atoms with E-state index in [1.165, 1.54) is 0 Å². The molecular formula is C13H18N2O2. The first-order chi connectivity index (χ1) is 8.08. The number of likely N-dealkylation sites (N-methyl/N-ethyl adjacent to an activating group) is 1. The third kappa shape index (κ3) is 2.58. The maximum absolute atomic E-state index is 12.1. The molecule has 4 heteroatoms. The van der Waals surface area contributed by atoms with Crippen molar-refractivity contribution in [3.05, 3.63) is 29.3 Å². The smallest absolute Gasteiger partial charge is 0.253 e. The number of fused-ring (bicyclic) bond motifs is 1. The number of benzene rings is 1. The molecule has 2 N–H and O–H groups in total. The standard InChI is InChI=1S/C13H18N2O2/c1-9(14)8-15(2)13(16)11-3-4-12-10(7-11)5-6-17-12/h3-4,7,9H,5-6,8,14H2,1-2H3. The highest BCUT2D eigenvalue weighted by Crippen LogP contribution is 2.26. The molecule has 1 unspecified atom stereocenters. The van der Waals surface area contributed by atoms with Gasteiger partial charge in [-0.3, -0.25) is 4.79 Å². The van der Waals surface area contributed by atoms with Gasteiger partial charge in [-0.05, 0) is 30.7 Å². The minimum atomic E-state index is -0.0123. The Balaban J connectivity index is 2.14. The van der Waals surface area contributed by atoms with E-state index in [0.717, 1.165) is 17.7 Å². The molecule has 0 aliphatic carbocycles. The summed E-state index contributed by atoms with van der Waals surface area (Å²) in [5.74, 6) is 0.911. The molecule has 1 atom stereocenters. The van der Waals surface area contributed by atoms with Crippen LogP contribution in [0.25, 0.3) is 0 Å². The summed E-state index contributed by atoms with van der Waals surface area (Å²) >= 11 is 0. The largest absolute Gasteiger partial charge is 0.493 e. The number of nitrogens with two attached hydrogens (primary N) is 1. The van der Waals surface area contributed by atoms with E-state index in [0.29, 0.717) is 18.7 Å². The summed E-state index contributed by atoms with van der Waals surface area (Å²) in [7, 11) is 1.77. The van der Waals surface area contributed by atoms with Crippen LogP contribution in [0.4, 0.5) is 0 Å². The highest BCUT2D eigenvalue weighted by molar-refractivity contribution is 5.94. The first-order valence-electron chi connectivity index (χ1n) is 5.84. The quantitative estimate of drug-likeness (QED) is 0.850. The highest BCUT2D eigenvalue weighted by atomic mass is 16.5. The van der Waals surface area contributed by atoms with E-state index in [1.807, 2.05) is 25.1 Å². The zero-order chi connectivity index (χ0) is 12.4. The molecule has 1 aliphatic heterocycles. The fraction of sp³-hybridized carbons (Fsp3) is 0.462. The van der Waals surface area contributed by atoms with E-state index in [-0.39, 0.29) is 11.9 Å². The first kappa shape index (κ1) is 11.9. The number of amides is 1. The third-order valence-electron chi connectivity index (χ3n) is 2.84. The minimum absolute atomic E-state index is 0.0111. The Kier molecular flexibility index (Phi) is 3.33. The lowest BCUT2D eigenvalue weighted by Gasteiger charge is -2.19. The van der Waals surface area contributed by atoms with Gasteiger partial charge in [-0.25, -0.2) is 0 Å². The molecule has 17 heavy (non-hydrogen) atoms. The zero-order valence-corrected chi connectivity index (χ0v) is 10.3. The second kappa shape index (κ2) is 4.75. The van der Waals surface area contributed by atoms with Gasteiger partial charge < -0.3 is 15.4 Å². The third-order valence-corrected chi connectivity index (χ3v) is 2.84. The molecule has 0 bridgehead atoms. The molecule has 4 nitrogen and oxygen atoms in total. The summed E-state index contributed by atoms with van der Waals surface area (Å²) in [5, 5.41) is 0. The van der Waals surface area contributed by atoms with E-state index in [2.05, 4.69) is 0 Å². The summed E-state index contributed by atoms with van der Waals surface area (Å²) in [5.41, 5.74) is 7.51. The van der Waals surface area contributed by atoms with Crippen LogP contribution in [0.3, 0.4) is 0 Å². The summed E-state index contributed by atoms with van der Waals surface area (Å²) in [4.78, 5) is 13.8. The van der Waals surface area contributed by atoms with E-state index in [4.69, 9.17) is 10.5 Å². The molecule has 1 heterocycles. The van der Waals surface area contributed by atoms with Crippen LogP contribution >= 0.6 is 0 Å². The average Bonchev–Trinajstić information content (AvgIpc) is 2.73. The van der Waals surface area contributed by atoms with Crippen molar-refractivity contribution < 1.29 is 9.53 Å². The van der Waals surface area contributed by atoms with Gasteiger partial charge in [0.15, 0.2) is 0 Å². The molecule has 0 fully saturated rings. The molecule has 1 aliphatic rings. The predicted octanol–water partition coefficient (Wildman–Crippen LogP) is 1.04. The van der Waals surface area contributed by atoms with Crippen LogP contribution in [0.1, 0.15) is 22.8 Å². The summed E-state index contributed by atoms with van der Waals surface area (Å²) in [6, 6.07) is 5.59. The van der Waals surface area contributed by atoms with Crippen molar-refractivity contribution >= 4 is 5.91 Å². The summed E-state index contributed by atoms with van der Waals surface area (Å²) in [6.45, 7) is 3.16.